The van der Waals surface area contributed by atoms with Crippen molar-refractivity contribution in [2.45, 2.75) is 98.8 Å². The molecule has 4 aromatic rings. The lowest BCUT2D eigenvalue weighted by atomic mass is 9.99. The monoisotopic (exact) mass is 763 g/mol. The van der Waals surface area contributed by atoms with Crippen molar-refractivity contribution in [1.29, 1.82) is 0 Å². The standard InChI is InChI=1S/C14H19NO2.C13H20O2.C11H10O2S.C3H8.C3H6.C2H6/c1-11-7-9-15(10-8-11)13-5-3-12(4-6-13)14(16)17-2;1-6-11-12(14-4)7-10(9(2)3)8-13(11)15-5;1-14(12,13)11-7-6-9-4-2-3-5-10(9)8-11;2*1-3-2;1-2/h3-6,11H,7-10H2,1-2H3;7-9H,6H2,1-5H3;2-8H,1H3;3H2,1-2H3;3H,1H2,2H3;1-2H3. The Hall–Kier alpha value is -4.30. The molecule has 0 amide bonds. The minimum absolute atomic E-state index is 0.274. The van der Waals surface area contributed by atoms with Crippen LogP contribution >= 0.6 is 0 Å². The largest absolute Gasteiger partial charge is 0.496 e. The number of ether oxygens (including phenoxy) is 3. The van der Waals surface area contributed by atoms with Gasteiger partial charge in [-0.15, -0.1) is 6.58 Å². The van der Waals surface area contributed by atoms with Crippen molar-refractivity contribution in [3.05, 3.63) is 108 Å². The molecule has 0 saturated carbocycles. The molecule has 0 atom stereocenters. The van der Waals surface area contributed by atoms with E-state index in [2.05, 4.69) is 69.9 Å². The van der Waals surface area contributed by atoms with Crippen LogP contribution in [0.5, 0.6) is 11.5 Å². The molecule has 0 unspecified atom stereocenters. The predicted molar refractivity (Wildman–Crippen MR) is 232 cm³/mol. The van der Waals surface area contributed by atoms with E-state index in [9.17, 15) is 13.2 Å². The molecule has 8 heteroatoms. The second-order valence-electron chi connectivity index (χ2n) is 13.0. The van der Waals surface area contributed by atoms with E-state index in [1.165, 1.54) is 43.9 Å². The van der Waals surface area contributed by atoms with Gasteiger partial charge in [0.15, 0.2) is 9.84 Å². The maximum Gasteiger partial charge on any atom is 0.337 e. The number of carbonyl (C=O) groups excluding carboxylic acids is 1. The number of fused-ring (bicyclic) bond motifs is 1. The average molecular weight is 764 g/mol. The molecule has 300 valence electrons. The van der Waals surface area contributed by atoms with Crippen molar-refractivity contribution in [1.82, 2.24) is 0 Å². The highest BCUT2D eigenvalue weighted by molar-refractivity contribution is 7.90. The summed E-state index contributed by atoms with van der Waals surface area (Å²) < 4.78 is 38.0. The van der Waals surface area contributed by atoms with Crippen molar-refractivity contribution in [3.63, 3.8) is 0 Å². The molecule has 7 nitrogen and oxygen atoms in total. The summed E-state index contributed by atoms with van der Waals surface area (Å²) in [4.78, 5) is 14.1. The third-order valence-corrected chi connectivity index (χ3v) is 9.35. The van der Waals surface area contributed by atoms with Crippen molar-refractivity contribution < 1.29 is 27.4 Å². The molecule has 4 aromatic carbocycles. The minimum Gasteiger partial charge on any atom is -0.496 e. The van der Waals surface area contributed by atoms with Gasteiger partial charge in [-0.2, -0.15) is 0 Å². The van der Waals surface area contributed by atoms with Gasteiger partial charge in [-0.3, -0.25) is 0 Å². The smallest absolute Gasteiger partial charge is 0.337 e. The van der Waals surface area contributed by atoms with Crippen molar-refractivity contribution >= 4 is 32.3 Å². The molecule has 0 aromatic heterocycles. The van der Waals surface area contributed by atoms with Gasteiger partial charge in [0.2, 0.25) is 0 Å². The molecule has 1 aliphatic rings. The molecule has 1 aliphatic heterocycles. The van der Waals surface area contributed by atoms with E-state index in [0.29, 0.717) is 16.4 Å². The number of hydrogen-bond donors (Lipinski definition) is 0. The Balaban J connectivity index is 0.000000712. The first-order valence-electron chi connectivity index (χ1n) is 19.2. The number of anilines is 1. The third kappa shape index (κ3) is 17.2. The Labute approximate surface area is 328 Å². The van der Waals surface area contributed by atoms with Gasteiger partial charge in [0.05, 0.1) is 31.8 Å². The van der Waals surface area contributed by atoms with E-state index in [1.807, 2.05) is 75.4 Å². The van der Waals surface area contributed by atoms with Crippen LogP contribution in [0.4, 0.5) is 5.69 Å². The zero-order chi connectivity index (χ0) is 41.3. The van der Waals surface area contributed by atoms with Crippen LogP contribution < -0.4 is 14.4 Å². The van der Waals surface area contributed by atoms with Crippen LogP contribution in [-0.4, -0.2) is 55.1 Å². The van der Waals surface area contributed by atoms with Crippen molar-refractivity contribution in [2.24, 2.45) is 5.92 Å². The zero-order valence-corrected chi connectivity index (χ0v) is 36.3. The Bertz CT molecular complexity index is 1720. The highest BCUT2D eigenvalue weighted by Crippen LogP contribution is 2.33. The summed E-state index contributed by atoms with van der Waals surface area (Å²) in [5.74, 6) is 2.91. The number of piperidine rings is 1. The lowest BCUT2D eigenvalue weighted by Crippen LogP contribution is -2.32. The fourth-order valence-corrected chi connectivity index (χ4v) is 5.93. The number of nitrogens with zero attached hydrogens (tertiary/aromatic N) is 1. The topological polar surface area (TPSA) is 82.1 Å². The SMILES string of the molecule is C=CC.CC.CCC.CCc1c(OC)cc(C(C)C)cc1OC.COC(=O)c1ccc(N2CCC(C)CC2)cc1.CS(=O)(=O)c1ccc2ccccc2c1. The van der Waals surface area contributed by atoms with Crippen LogP contribution in [-0.2, 0) is 21.0 Å². The maximum atomic E-state index is 11.3. The van der Waals surface area contributed by atoms with Crippen molar-refractivity contribution in [2.75, 3.05) is 45.6 Å². The molecule has 1 fully saturated rings. The first-order chi connectivity index (χ1) is 25.7. The first-order valence-corrected chi connectivity index (χ1v) is 21.1. The molecule has 54 heavy (non-hydrogen) atoms. The van der Waals surface area contributed by atoms with E-state index < -0.39 is 9.84 Å². The summed E-state index contributed by atoms with van der Waals surface area (Å²) in [6.07, 6.45) is 7.64. The number of esters is 1. The van der Waals surface area contributed by atoms with Gasteiger partial charge in [0.25, 0.3) is 0 Å². The Morgan fingerprint density at radius 2 is 1.33 bits per heavy atom. The number of allylic oxidation sites excluding steroid dienone is 1. The Morgan fingerprint density at radius 3 is 1.74 bits per heavy atom. The number of benzene rings is 4. The summed E-state index contributed by atoms with van der Waals surface area (Å²) in [5.41, 5.74) is 4.21. The molecule has 0 bridgehead atoms. The predicted octanol–water partition coefficient (Wildman–Crippen LogP) is 12.0. The normalized spacial score (nSPS) is 12.0. The number of methoxy groups -OCH3 is 3. The van der Waals surface area contributed by atoms with Gasteiger partial charge in [0, 0.05) is 30.6 Å². The molecule has 0 aliphatic carbocycles. The van der Waals surface area contributed by atoms with Crippen LogP contribution in [0.1, 0.15) is 109 Å². The van der Waals surface area contributed by atoms with Gasteiger partial charge < -0.3 is 19.1 Å². The van der Waals surface area contributed by atoms with Gasteiger partial charge in [-0.25, -0.2) is 13.2 Å². The molecule has 0 N–H and O–H groups in total. The van der Waals surface area contributed by atoms with E-state index in [0.717, 1.165) is 53.3 Å². The molecule has 5 rings (SSSR count). The Morgan fingerprint density at radius 1 is 0.852 bits per heavy atom. The van der Waals surface area contributed by atoms with Gasteiger partial charge in [-0.1, -0.05) is 98.2 Å². The van der Waals surface area contributed by atoms with Crippen LogP contribution in [0.25, 0.3) is 10.8 Å². The number of hydrogen-bond acceptors (Lipinski definition) is 7. The summed E-state index contributed by atoms with van der Waals surface area (Å²) in [6, 6.07) is 24.7. The molecular weight excluding hydrogens is 695 g/mol. The van der Waals surface area contributed by atoms with Crippen LogP contribution in [0.2, 0.25) is 0 Å². The van der Waals surface area contributed by atoms with Gasteiger partial charge in [-0.05, 0) is 103 Å². The quantitative estimate of drug-likeness (QED) is 0.137. The zero-order valence-electron chi connectivity index (χ0n) is 35.5. The van der Waals surface area contributed by atoms with Crippen molar-refractivity contribution in [3.8, 4) is 11.5 Å². The molecule has 1 saturated heterocycles. The van der Waals surface area contributed by atoms with Gasteiger partial charge in [0.1, 0.15) is 11.5 Å². The van der Waals surface area contributed by atoms with Crippen LogP contribution in [0, 0.1) is 5.92 Å². The highest BCUT2D eigenvalue weighted by Gasteiger charge is 2.16. The number of carbonyl (C=O) groups is 1. The average Bonchev–Trinajstić information content (AvgIpc) is 3.18. The van der Waals surface area contributed by atoms with Gasteiger partial charge >= 0.3 is 5.97 Å². The Kier molecular flexibility index (Phi) is 25.1. The maximum absolute atomic E-state index is 11.3. The summed E-state index contributed by atoms with van der Waals surface area (Å²) >= 11 is 0. The lowest BCUT2D eigenvalue weighted by Gasteiger charge is -2.32. The fourth-order valence-electron chi connectivity index (χ4n) is 5.28. The second kappa shape index (κ2) is 27.3. The summed E-state index contributed by atoms with van der Waals surface area (Å²) in [5, 5.41) is 2.01. The molecular formula is C46H69NO6S. The van der Waals surface area contributed by atoms with Crippen LogP contribution in [0.3, 0.4) is 0 Å². The highest BCUT2D eigenvalue weighted by atomic mass is 32.2. The van der Waals surface area contributed by atoms with E-state index in [-0.39, 0.29) is 5.97 Å². The fraction of sp³-hybridized carbons (Fsp3) is 0.457. The first kappa shape index (κ1) is 49.7. The molecule has 1 heterocycles. The summed E-state index contributed by atoms with van der Waals surface area (Å²) in [7, 11) is 1.72. The van der Waals surface area contributed by atoms with E-state index in [1.54, 1.807) is 32.4 Å². The molecule has 0 radical (unpaired) electrons. The van der Waals surface area contributed by atoms with E-state index >= 15 is 0 Å². The number of sulfone groups is 1. The molecule has 0 spiro atoms. The van der Waals surface area contributed by atoms with Crippen LogP contribution in [0.15, 0.2) is 96.4 Å². The summed E-state index contributed by atoms with van der Waals surface area (Å²) in [6.45, 7) is 24.5. The van der Waals surface area contributed by atoms with E-state index in [4.69, 9.17) is 9.47 Å². The minimum atomic E-state index is -3.09. The number of rotatable bonds is 7. The third-order valence-electron chi connectivity index (χ3n) is 8.24. The second-order valence-corrected chi connectivity index (χ2v) is 15.0. The lowest BCUT2D eigenvalue weighted by molar-refractivity contribution is 0.0600.